The molecule has 1 heterocycles. The molecule has 37 valence electrons. The fourth-order valence-corrected chi connectivity index (χ4v) is 0.332. The summed E-state index contributed by atoms with van der Waals surface area (Å²) < 4.78 is 0. The molecule has 1 rings (SSSR count). The quantitative estimate of drug-likeness (QED) is 0.415. The highest BCUT2D eigenvalue weighted by atomic mass is 15.1. The van der Waals surface area contributed by atoms with E-state index in [1.807, 2.05) is 0 Å². The van der Waals surface area contributed by atoms with Gasteiger partial charge in [-0.2, -0.15) is 0 Å². The molecule has 0 spiro atoms. The minimum absolute atomic E-state index is 0.169. The summed E-state index contributed by atoms with van der Waals surface area (Å²) in [5.74, 6) is 0. The highest BCUT2D eigenvalue weighted by Gasteiger charge is 1.92. The van der Waals surface area contributed by atoms with Gasteiger partial charge >= 0.3 is 0 Å². The van der Waals surface area contributed by atoms with Gasteiger partial charge in [0.15, 0.2) is 0 Å². The van der Waals surface area contributed by atoms with E-state index >= 15 is 0 Å². The fourth-order valence-electron chi connectivity index (χ4n) is 0.332. The van der Waals surface area contributed by atoms with Crippen molar-refractivity contribution in [2.24, 2.45) is 10.7 Å². The van der Waals surface area contributed by atoms with E-state index in [1.54, 1.807) is 12.5 Å². The van der Waals surface area contributed by atoms with Crippen LogP contribution in [0.25, 0.3) is 0 Å². The molecule has 3 N–H and O–H groups in total. The Morgan fingerprint density at radius 2 is 2.71 bits per heavy atom. The van der Waals surface area contributed by atoms with Crippen molar-refractivity contribution < 1.29 is 0 Å². The molecule has 1 aliphatic rings. The van der Waals surface area contributed by atoms with Gasteiger partial charge in [0.25, 0.3) is 0 Å². The lowest BCUT2D eigenvalue weighted by molar-refractivity contribution is 0.747. The predicted molar refractivity (Wildman–Crippen MR) is 27.4 cm³/mol. The number of rotatable bonds is 0. The van der Waals surface area contributed by atoms with Crippen LogP contribution >= 0.6 is 0 Å². The van der Waals surface area contributed by atoms with E-state index < -0.39 is 0 Å². The zero-order valence-electron chi connectivity index (χ0n) is 3.76. The van der Waals surface area contributed by atoms with E-state index in [2.05, 4.69) is 16.4 Å². The topological polar surface area (TPSA) is 50.4 Å². The van der Waals surface area contributed by atoms with Crippen LogP contribution in [0.1, 0.15) is 0 Å². The molecular formula is C4H6N3. The standard InChI is InChI=1S/C4H6N3/c5-4-1-2-6-3-7-4/h2-4H,5H2,(H,6,7). The van der Waals surface area contributed by atoms with Crippen molar-refractivity contribution in [2.45, 2.75) is 6.17 Å². The monoisotopic (exact) mass is 96.1 g/mol. The Kier molecular flexibility index (Phi) is 1.08. The molecule has 0 aromatic carbocycles. The molecule has 7 heavy (non-hydrogen) atoms. The molecule has 0 bridgehead atoms. The van der Waals surface area contributed by atoms with Crippen LogP contribution in [0.15, 0.2) is 11.2 Å². The van der Waals surface area contributed by atoms with Gasteiger partial charge < -0.3 is 11.1 Å². The summed E-state index contributed by atoms with van der Waals surface area (Å²) >= 11 is 0. The van der Waals surface area contributed by atoms with Gasteiger partial charge in [-0.05, 0) is 0 Å². The maximum absolute atomic E-state index is 5.29. The molecule has 0 amide bonds. The first kappa shape index (κ1) is 4.33. The second-order valence-electron chi connectivity index (χ2n) is 1.22. The molecule has 1 radical (unpaired) electrons. The largest absolute Gasteiger partial charge is 0.357 e. The Balaban J connectivity index is 2.49. The zero-order valence-corrected chi connectivity index (χ0v) is 3.76. The maximum Gasteiger partial charge on any atom is 0.103 e. The molecule has 3 heteroatoms. The molecule has 1 aliphatic heterocycles. The van der Waals surface area contributed by atoms with Crippen LogP contribution in [0, 0.1) is 6.08 Å². The Labute approximate surface area is 41.9 Å². The molecule has 3 nitrogen and oxygen atoms in total. The summed E-state index contributed by atoms with van der Waals surface area (Å²) in [7, 11) is 0. The first-order valence-corrected chi connectivity index (χ1v) is 2.00. The smallest absolute Gasteiger partial charge is 0.103 e. The van der Waals surface area contributed by atoms with E-state index in [-0.39, 0.29) is 6.17 Å². The van der Waals surface area contributed by atoms with Crippen molar-refractivity contribution in [3.63, 3.8) is 0 Å². The van der Waals surface area contributed by atoms with E-state index in [4.69, 9.17) is 5.73 Å². The average Bonchev–Trinajstić information content (AvgIpc) is 1.69. The van der Waals surface area contributed by atoms with Crippen molar-refractivity contribution in [1.29, 1.82) is 0 Å². The first-order chi connectivity index (χ1) is 3.39. The normalized spacial score (nSPS) is 27.3. The van der Waals surface area contributed by atoms with Crippen LogP contribution in [0.4, 0.5) is 0 Å². The lowest BCUT2D eigenvalue weighted by Crippen LogP contribution is -2.36. The highest BCUT2D eigenvalue weighted by Crippen LogP contribution is 1.79. The summed E-state index contributed by atoms with van der Waals surface area (Å²) in [6, 6.07) is 0. The molecular weight excluding hydrogens is 90.1 g/mol. The van der Waals surface area contributed by atoms with E-state index in [1.165, 1.54) is 0 Å². The summed E-state index contributed by atoms with van der Waals surface area (Å²) in [6.07, 6.45) is 5.64. The number of aliphatic imine (C=N–C) groups is 1. The van der Waals surface area contributed by atoms with Gasteiger partial charge in [0.1, 0.15) is 6.17 Å². The van der Waals surface area contributed by atoms with Crippen LogP contribution < -0.4 is 11.1 Å². The summed E-state index contributed by atoms with van der Waals surface area (Å²) in [6.45, 7) is 0. The van der Waals surface area contributed by atoms with Crippen molar-refractivity contribution in [2.75, 3.05) is 0 Å². The van der Waals surface area contributed by atoms with Gasteiger partial charge in [0.05, 0.1) is 6.34 Å². The molecule has 0 saturated heterocycles. The second-order valence-corrected chi connectivity index (χ2v) is 1.22. The zero-order chi connectivity index (χ0) is 5.11. The van der Waals surface area contributed by atoms with E-state index in [0.29, 0.717) is 0 Å². The van der Waals surface area contributed by atoms with Crippen LogP contribution in [-0.4, -0.2) is 12.5 Å². The molecule has 0 aromatic rings. The summed E-state index contributed by atoms with van der Waals surface area (Å²) in [5, 5.41) is 2.73. The first-order valence-electron chi connectivity index (χ1n) is 2.00. The molecule has 0 saturated carbocycles. The van der Waals surface area contributed by atoms with E-state index in [9.17, 15) is 0 Å². The number of nitrogens with two attached hydrogens (primary N) is 1. The summed E-state index contributed by atoms with van der Waals surface area (Å²) in [5.41, 5.74) is 5.29. The molecule has 0 fully saturated rings. The third-order valence-corrected chi connectivity index (χ3v) is 0.657. The van der Waals surface area contributed by atoms with Gasteiger partial charge in [0, 0.05) is 12.3 Å². The van der Waals surface area contributed by atoms with Crippen LogP contribution in [-0.2, 0) is 0 Å². The number of nitrogens with one attached hydrogen (secondary N) is 1. The lowest BCUT2D eigenvalue weighted by atomic mass is 10.5. The van der Waals surface area contributed by atoms with Crippen LogP contribution in [0.2, 0.25) is 0 Å². The van der Waals surface area contributed by atoms with Crippen molar-refractivity contribution in [3.05, 3.63) is 12.3 Å². The Hall–Kier alpha value is -0.830. The Morgan fingerprint density at radius 3 is 3.00 bits per heavy atom. The second kappa shape index (κ2) is 1.75. The fraction of sp³-hybridized carbons (Fsp3) is 0.250. The lowest BCUT2D eigenvalue weighted by Gasteiger charge is -2.05. The van der Waals surface area contributed by atoms with Crippen molar-refractivity contribution in [1.82, 2.24) is 5.32 Å². The van der Waals surface area contributed by atoms with Crippen molar-refractivity contribution in [3.8, 4) is 0 Å². The van der Waals surface area contributed by atoms with E-state index in [0.717, 1.165) is 0 Å². The summed E-state index contributed by atoms with van der Waals surface area (Å²) in [4.78, 5) is 3.68. The maximum atomic E-state index is 5.29. The van der Waals surface area contributed by atoms with Crippen molar-refractivity contribution >= 4 is 6.34 Å². The molecule has 0 aliphatic carbocycles. The minimum atomic E-state index is -0.169. The van der Waals surface area contributed by atoms with Gasteiger partial charge in [-0.25, -0.2) is 4.99 Å². The SMILES string of the molecule is NC1[C]=CN=CN1. The Bertz CT molecular complexity index is 106. The predicted octanol–water partition coefficient (Wildman–Crippen LogP) is -0.780. The van der Waals surface area contributed by atoms with Gasteiger partial charge in [-0.15, -0.1) is 0 Å². The molecule has 1 atom stereocenters. The molecule has 0 aromatic heterocycles. The van der Waals surface area contributed by atoms with Crippen LogP contribution in [0.3, 0.4) is 0 Å². The van der Waals surface area contributed by atoms with Gasteiger partial charge in [-0.1, -0.05) is 0 Å². The Morgan fingerprint density at radius 1 is 1.86 bits per heavy atom. The number of hydrogen-bond donors (Lipinski definition) is 2. The minimum Gasteiger partial charge on any atom is -0.357 e. The average molecular weight is 96.1 g/mol. The van der Waals surface area contributed by atoms with Gasteiger partial charge in [0.2, 0.25) is 0 Å². The third-order valence-electron chi connectivity index (χ3n) is 0.657. The highest BCUT2D eigenvalue weighted by molar-refractivity contribution is 5.56. The number of hydrogen-bond acceptors (Lipinski definition) is 3. The van der Waals surface area contributed by atoms with Crippen LogP contribution in [0.5, 0.6) is 0 Å². The van der Waals surface area contributed by atoms with Gasteiger partial charge in [-0.3, -0.25) is 0 Å². The third kappa shape index (κ3) is 1.01. The number of nitrogens with zero attached hydrogens (tertiary/aromatic N) is 1. The molecule has 1 unspecified atom stereocenters.